The predicted molar refractivity (Wildman–Crippen MR) is 51.6 cm³/mol. The number of hydrogen-bond donors (Lipinski definition) is 2. The summed E-state index contributed by atoms with van der Waals surface area (Å²) in [6.07, 6.45) is 0. The Labute approximate surface area is 81.3 Å². The molecule has 1 unspecified atom stereocenters. The molecule has 0 aliphatic heterocycles. The fraction of sp³-hybridized carbons (Fsp3) is 0.714. The van der Waals surface area contributed by atoms with Gasteiger partial charge in [0.2, 0.25) is 5.91 Å². The van der Waals surface area contributed by atoms with Crippen molar-refractivity contribution >= 4 is 23.6 Å². The number of carbonyl (C=O) groups is 2. The molecule has 0 aliphatic rings. The van der Waals surface area contributed by atoms with Crippen LogP contribution in [0.25, 0.3) is 0 Å². The fourth-order valence-corrected chi connectivity index (χ4v) is 1.42. The van der Waals surface area contributed by atoms with Crippen LogP contribution in [0.5, 0.6) is 0 Å². The Bertz CT molecular complexity index is 196. The SMILES string of the molecule is CN(C)C(=O)CSCC(N)C(=O)O. The van der Waals surface area contributed by atoms with Gasteiger partial charge in [0.05, 0.1) is 5.75 Å². The quantitative estimate of drug-likeness (QED) is 0.616. The van der Waals surface area contributed by atoms with Gasteiger partial charge in [-0.2, -0.15) is 0 Å². The van der Waals surface area contributed by atoms with Crippen molar-refractivity contribution in [3.8, 4) is 0 Å². The van der Waals surface area contributed by atoms with Gasteiger partial charge in [0.25, 0.3) is 0 Å². The normalized spacial score (nSPS) is 12.2. The number of thioether (sulfide) groups is 1. The molecule has 0 fully saturated rings. The van der Waals surface area contributed by atoms with E-state index in [1.165, 1.54) is 16.7 Å². The third kappa shape index (κ3) is 5.48. The molecule has 76 valence electrons. The first-order valence-electron chi connectivity index (χ1n) is 3.71. The van der Waals surface area contributed by atoms with Gasteiger partial charge in [0.15, 0.2) is 0 Å². The summed E-state index contributed by atoms with van der Waals surface area (Å²) >= 11 is 1.23. The standard InChI is InChI=1S/C7H14N2O3S/c1-9(2)6(10)4-13-3-5(8)7(11)12/h5H,3-4,8H2,1-2H3,(H,11,12). The van der Waals surface area contributed by atoms with Crippen molar-refractivity contribution in [2.24, 2.45) is 5.73 Å². The molecule has 0 aromatic rings. The number of nitrogens with two attached hydrogens (primary N) is 1. The third-order valence-corrected chi connectivity index (χ3v) is 2.38. The predicted octanol–water partition coefficient (Wildman–Crippen LogP) is -0.780. The van der Waals surface area contributed by atoms with Gasteiger partial charge in [-0.05, 0) is 0 Å². The van der Waals surface area contributed by atoms with Gasteiger partial charge in [0.1, 0.15) is 6.04 Å². The first kappa shape index (κ1) is 12.2. The first-order chi connectivity index (χ1) is 5.95. The van der Waals surface area contributed by atoms with Gasteiger partial charge in [-0.1, -0.05) is 0 Å². The summed E-state index contributed by atoms with van der Waals surface area (Å²) in [7, 11) is 3.31. The fourth-order valence-electron chi connectivity index (χ4n) is 0.474. The van der Waals surface area contributed by atoms with E-state index < -0.39 is 12.0 Å². The van der Waals surface area contributed by atoms with E-state index in [0.717, 1.165) is 0 Å². The maximum Gasteiger partial charge on any atom is 0.321 e. The summed E-state index contributed by atoms with van der Waals surface area (Å²) in [4.78, 5) is 22.7. The Morgan fingerprint density at radius 3 is 2.46 bits per heavy atom. The monoisotopic (exact) mass is 206 g/mol. The van der Waals surface area contributed by atoms with Crippen LogP contribution < -0.4 is 5.73 Å². The van der Waals surface area contributed by atoms with E-state index in [2.05, 4.69) is 0 Å². The number of nitrogens with zero attached hydrogens (tertiary/aromatic N) is 1. The van der Waals surface area contributed by atoms with E-state index in [1.807, 2.05) is 0 Å². The number of aliphatic carboxylic acids is 1. The maximum absolute atomic E-state index is 11.0. The highest BCUT2D eigenvalue weighted by Crippen LogP contribution is 2.02. The van der Waals surface area contributed by atoms with Crippen molar-refractivity contribution in [2.45, 2.75) is 6.04 Å². The van der Waals surface area contributed by atoms with Crippen molar-refractivity contribution in [1.82, 2.24) is 4.90 Å². The summed E-state index contributed by atoms with van der Waals surface area (Å²) in [6.45, 7) is 0. The van der Waals surface area contributed by atoms with E-state index in [1.54, 1.807) is 14.1 Å². The Morgan fingerprint density at radius 2 is 2.08 bits per heavy atom. The second kappa shape index (κ2) is 5.82. The van der Waals surface area contributed by atoms with Crippen LogP contribution in [0.4, 0.5) is 0 Å². The molecule has 3 N–H and O–H groups in total. The minimum absolute atomic E-state index is 0.0393. The minimum Gasteiger partial charge on any atom is -0.480 e. The largest absolute Gasteiger partial charge is 0.480 e. The lowest BCUT2D eigenvalue weighted by Gasteiger charge is -2.10. The number of carboxylic acid groups (broad SMARTS) is 1. The summed E-state index contributed by atoms with van der Waals surface area (Å²) in [6, 6.07) is -0.889. The average Bonchev–Trinajstić information content (AvgIpc) is 2.03. The van der Waals surface area contributed by atoms with Crippen LogP contribution in [0.3, 0.4) is 0 Å². The Hall–Kier alpha value is -0.750. The maximum atomic E-state index is 11.0. The molecule has 1 atom stereocenters. The average molecular weight is 206 g/mol. The Balaban J connectivity index is 3.56. The lowest BCUT2D eigenvalue weighted by atomic mass is 10.4. The third-order valence-electron chi connectivity index (χ3n) is 1.34. The van der Waals surface area contributed by atoms with Crippen LogP contribution in [-0.4, -0.2) is 53.5 Å². The Morgan fingerprint density at radius 1 is 1.54 bits per heavy atom. The molecule has 13 heavy (non-hydrogen) atoms. The smallest absolute Gasteiger partial charge is 0.321 e. The van der Waals surface area contributed by atoms with Gasteiger partial charge < -0.3 is 15.7 Å². The van der Waals surface area contributed by atoms with Crippen LogP contribution in [0, 0.1) is 0 Å². The highest BCUT2D eigenvalue weighted by atomic mass is 32.2. The minimum atomic E-state index is -1.04. The zero-order valence-corrected chi connectivity index (χ0v) is 8.50. The van der Waals surface area contributed by atoms with Gasteiger partial charge >= 0.3 is 5.97 Å². The molecule has 0 rings (SSSR count). The lowest BCUT2D eigenvalue weighted by molar-refractivity contribution is -0.138. The molecule has 5 nitrogen and oxygen atoms in total. The van der Waals surface area contributed by atoms with Gasteiger partial charge in [-0.3, -0.25) is 9.59 Å². The number of rotatable bonds is 5. The van der Waals surface area contributed by atoms with E-state index in [4.69, 9.17) is 10.8 Å². The van der Waals surface area contributed by atoms with Crippen molar-refractivity contribution < 1.29 is 14.7 Å². The van der Waals surface area contributed by atoms with Gasteiger partial charge in [0, 0.05) is 19.8 Å². The molecule has 0 heterocycles. The zero-order chi connectivity index (χ0) is 10.4. The topological polar surface area (TPSA) is 83.6 Å². The molecule has 0 saturated carbocycles. The highest BCUT2D eigenvalue weighted by molar-refractivity contribution is 8.00. The molecule has 0 spiro atoms. The molecule has 0 aliphatic carbocycles. The second-order valence-electron chi connectivity index (χ2n) is 2.75. The first-order valence-corrected chi connectivity index (χ1v) is 4.87. The molecule has 0 aromatic carbocycles. The van der Waals surface area contributed by atoms with Crippen molar-refractivity contribution in [1.29, 1.82) is 0 Å². The van der Waals surface area contributed by atoms with Crippen molar-refractivity contribution in [3.63, 3.8) is 0 Å². The van der Waals surface area contributed by atoms with Crippen LogP contribution in [0.2, 0.25) is 0 Å². The highest BCUT2D eigenvalue weighted by Gasteiger charge is 2.12. The number of carboxylic acids is 1. The van der Waals surface area contributed by atoms with Crippen LogP contribution in [-0.2, 0) is 9.59 Å². The van der Waals surface area contributed by atoms with E-state index in [9.17, 15) is 9.59 Å². The summed E-state index contributed by atoms with van der Waals surface area (Å²) in [5.41, 5.74) is 5.23. The number of hydrogen-bond acceptors (Lipinski definition) is 4. The molecular formula is C7H14N2O3S. The van der Waals surface area contributed by atoms with Crippen LogP contribution in [0.1, 0.15) is 0 Å². The molecular weight excluding hydrogens is 192 g/mol. The number of amides is 1. The summed E-state index contributed by atoms with van der Waals surface area (Å²) in [5.74, 6) is -0.546. The van der Waals surface area contributed by atoms with Gasteiger partial charge in [-0.25, -0.2) is 0 Å². The van der Waals surface area contributed by atoms with Crippen molar-refractivity contribution in [3.05, 3.63) is 0 Å². The number of carbonyl (C=O) groups excluding carboxylic acids is 1. The molecule has 0 radical (unpaired) electrons. The molecule has 0 aromatic heterocycles. The lowest BCUT2D eigenvalue weighted by Crippen LogP contribution is -2.33. The Kier molecular flexibility index (Phi) is 5.48. The van der Waals surface area contributed by atoms with E-state index in [0.29, 0.717) is 0 Å². The van der Waals surface area contributed by atoms with E-state index >= 15 is 0 Å². The molecule has 0 bridgehead atoms. The van der Waals surface area contributed by atoms with E-state index in [-0.39, 0.29) is 17.4 Å². The van der Waals surface area contributed by atoms with Crippen LogP contribution in [0.15, 0.2) is 0 Å². The summed E-state index contributed by atoms with van der Waals surface area (Å²) in [5, 5.41) is 8.42. The van der Waals surface area contributed by atoms with Crippen molar-refractivity contribution in [2.75, 3.05) is 25.6 Å². The van der Waals surface area contributed by atoms with Gasteiger partial charge in [-0.15, -0.1) is 11.8 Å². The second-order valence-corrected chi connectivity index (χ2v) is 3.78. The van der Waals surface area contributed by atoms with Crippen LogP contribution >= 0.6 is 11.8 Å². The molecule has 1 amide bonds. The zero-order valence-electron chi connectivity index (χ0n) is 7.69. The molecule has 6 heteroatoms. The molecule has 0 saturated heterocycles. The summed E-state index contributed by atoms with van der Waals surface area (Å²) < 4.78 is 0.